The van der Waals surface area contributed by atoms with Crippen molar-refractivity contribution >= 4 is 23.1 Å². The molecule has 1 aromatic heterocycles. The molecule has 0 N–H and O–H groups in total. The maximum Gasteiger partial charge on any atom is 0.181 e. The average Bonchev–Trinajstić information content (AvgIpc) is 2.96. The molecule has 3 aromatic rings. The molecule has 196 valence electrons. The van der Waals surface area contributed by atoms with E-state index < -0.39 is 0 Å². The lowest BCUT2D eigenvalue weighted by molar-refractivity contribution is 0.0920. The van der Waals surface area contributed by atoms with E-state index in [1.54, 1.807) is 0 Å². The normalized spacial score (nSPS) is 17.3. The van der Waals surface area contributed by atoms with Crippen LogP contribution < -0.4 is 4.90 Å². The van der Waals surface area contributed by atoms with Crippen LogP contribution in [0.4, 0.5) is 5.69 Å². The molecule has 0 unspecified atom stereocenters. The largest absolute Gasteiger partial charge is 0.372 e. The number of carbonyl (C=O) groups is 1. The average molecular weight is 527 g/mol. The van der Waals surface area contributed by atoms with Crippen molar-refractivity contribution < 1.29 is 4.79 Å². The van der Waals surface area contributed by atoms with Crippen LogP contribution in [0.3, 0.4) is 0 Å². The predicted octanol–water partition coefficient (Wildman–Crippen LogP) is 6.55. The second kappa shape index (κ2) is 12.6. The lowest BCUT2D eigenvalue weighted by Crippen LogP contribution is -2.34. The zero-order valence-corrected chi connectivity index (χ0v) is 22.6. The molecule has 0 bridgehead atoms. The van der Waals surface area contributed by atoms with Gasteiger partial charge in [-0.05, 0) is 111 Å². The summed E-state index contributed by atoms with van der Waals surface area (Å²) >= 11 is 6.03. The molecule has 0 atom stereocenters. The Morgan fingerprint density at radius 3 is 2.16 bits per heavy atom. The third-order valence-corrected chi connectivity index (χ3v) is 8.36. The summed E-state index contributed by atoms with van der Waals surface area (Å²) in [5, 5.41) is 9.74. The maximum absolute atomic E-state index is 12.9. The molecular formula is C32H35ClN4O. The van der Waals surface area contributed by atoms with E-state index in [1.807, 2.05) is 48.7 Å². The van der Waals surface area contributed by atoms with E-state index in [1.165, 1.54) is 16.8 Å². The topological polar surface area (TPSA) is 60.2 Å². The van der Waals surface area contributed by atoms with Gasteiger partial charge in [0.1, 0.15) is 5.69 Å². The van der Waals surface area contributed by atoms with Crippen molar-refractivity contribution in [2.45, 2.75) is 45.1 Å². The van der Waals surface area contributed by atoms with Gasteiger partial charge in [-0.3, -0.25) is 14.7 Å². The summed E-state index contributed by atoms with van der Waals surface area (Å²) in [6, 6.07) is 22.2. The van der Waals surface area contributed by atoms with Gasteiger partial charge in [0.05, 0.1) is 11.6 Å². The van der Waals surface area contributed by atoms with Crippen LogP contribution in [-0.2, 0) is 13.0 Å². The number of likely N-dealkylation sites (tertiary alicyclic amines) is 1. The molecule has 2 aliphatic heterocycles. The van der Waals surface area contributed by atoms with E-state index in [-0.39, 0.29) is 5.78 Å². The monoisotopic (exact) mass is 526 g/mol. The summed E-state index contributed by atoms with van der Waals surface area (Å²) in [5.41, 5.74) is 5.00. The van der Waals surface area contributed by atoms with Gasteiger partial charge in [0.15, 0.2) is 5.78 Å². The summed E-state index contributed by atoms with van der Waals surface area (Å²) in [7, 11) is 0. The van der Waals surface area contributed by atoms with Crippen LogP contribution in [0.1, 0.15) is 59.3 Å². The first-order chi connectivity index (χ1) is 18.6. The fraction of sp³-hybridized carbons (Fsp3) is 0.406. The molecule has 0 amide bonds. The number of piperidine rings is 2. The van der Waals surface area contributed by atoms with E-state index in [0.29, 0.717) is 29.5 Å². The summed E-state index contributed by atoms with van der Waals surface area (Å²) in [4.78, 5) is 22.4. The Balaban J connectivity index is 1.04. The van der Waals surface area contributed by atoms with Gasteiger partial charge in [-0.25, -0.2) is 0 Å². The number of hydrogen-bond acceptors (Lipinski definition) is 5. The maximum atomic E-state index is 12.9. The van der Waals surface area contributed by atoms with Crippen molar-refractivity contribution in [3.63, 3.8) is 0 Å². The van der Waals surface area contributed by atoms with Crippen LogP contribution in [0.5, 0.6) is 0 Å². The predicted molar refractivity (Wildman–Crippen MR) is 152 cm³/mol. The molecule has 3 heterocycles. The van der Waals surface area contributed by atoms with Crippen LogP contribution in [0.25, 0.3) is 0 Å². The first-order valence-corrected chi connectivity index (χ1v) is 14.1. The molecule has 2 fully saturated rings. The van der Waals surface area contributed by atoms with Crippen LogP contribution in [0.15, 0.2) is 66.9 Å². The SMILES string of the molecule is N#Cc1ccc(CN2CCC(CC(=O)c3ccc(CC4CCN(c5ccc(Cl)cc5)CC4)cn3)CC2)cc1. The summed E-state index contributed by atoms with van der Waals surface area (Å²) in [6.45, 7) is 5.02. The van der Waals surface area contributed by atoms with Crippen molar-refractivity contribution in [1.82, 2.24) is 9.88 Å². The molecule has 0 aliphatic carbocycles. The Labute approximate surface area is 231 Å². The van der Waals surface area contributed by atoms with Crippen LogP contribution in [0.2, 0.25) is 5.02 Å². The Morgan fingerprint density at radius 1 is 0.868 bits per heavy atom. The van der Waals surface area contributed by atoms with Gasteiger partial charge >= 0.3 is 0 Å². The number of nitriles is 1. The van der Waals surface area contributed by atoms with E-state index in [2.05, 4.69) is 39.1 Å². The standard InChI is InChI=1S/C32H35ClN4O/c33-29-6-8-30(9-7-29)37-17-13-24(14-18-37)19-28-5-10-31(35-22-28)32(38)20-25-11-15-36(16-12-25)23-27-3-1-26(21-34)2-4-27/h1-10,22,24-25H,11-20,23H2. The highest BCUT2D eigenvalue weighted by Gasteiger charge is 2.23. The number of hydrogen-bond donors (Lipinski definition) is 0. The van der Waals surface area contributed by atoms with E-state index in [4.69, 9.17) is 16.9 Å². The number of carbonyl (C=O) groups excluding carboxylic acids is 1. The zero-order chi connectivity index (χ0) is 26.3. The molecule has 5 nitrogen and oxygen atoms in total. The molecule has 0 radical (unpaired) electrons. The summed E-state index contributed by atoms with van der Waals surface area (Å²) < 4.78 is 0. The number of Topliss-reactive ketones (excluding diaryl/α,β-unsaturated/α-hetero) is 1. The smallest absolute Gasteiger partial charge is 0.181 e. The zero-order valence-electron chi connectivity index (χ0n) is 21.9. The second-order valence-corrected chi connectivity index (χ2v) is 11.3. The molecular weight excluding hydrogens is 492 g/mol. The van der Waals surface area contributed by atoms with Gasteiger partial charge in [0.2, 0.25) is 0 Å². The van der Waals surface area contributed by atoms with Crippen molar-refractivity contribution in [3.8, 4) is 6.07 Å². The van der Waals surface area contributed by atoms with Crippen molar-refractivity contribution in [2.24, 2.45) is 11.8 Å². The van der Waals surface area contributed by atoms with Gasteiger partial charge in [-0.15, -0.1) is 0 Å². The fourth-order valence-electron chi connectivity index (χ4n) is 5.75. The van der Waals surface area contributed by atoms with Crippen molar-refractivity contribution in [1.29, 1.82) is 5.26 Å². The first kappa shape index (κ1) is 26.4. The molecule has 2 saturated heterocycles. The minimum Gasteiger partial charge on any atom is -0.372 e. The quantitative estimate of drug-likeness (QED) is 0.311. The van der Waals surface area contributed by atoms with Gasteiger partial charge in [-0.2, -0.15) is 5.26 Å². The van der Waals surface area contributed by atoms with Gasteiger partial charge in [0, 0.05) is 43.0 Å². The minimum absolute atomic E-state index is 0.165. The summed E-state index contributed by atoms with van der Waals surface area (Å²) in [5.74, 6) is 1.24. The first-order valence-electron chi connectivity index (χ1n) is 13.8. The fourth-order valence-corrected chi connectivity index (χ4v) is 5.88. The lowest BCUT2D eigenvalue weighted by atomic mass is 9.89. The highest BCUT2D eigenvalue weighted by atomic mass is 35.5. The molecule has 2 aliphatic rings. The number of benzene rings is 2. The Kier molecular flexibility index (Phi) is 8.73. The third-order valence-electron chi connectivity index (χ3n) is 8.11. The van der Waals surface area contributed by atoms with E-state index in [9.17, 15) is 4.79 Å². The number of aromatic nitrogens is 1. The highest BCUT2D eigenvalue weighted by molar-refractivity contribution is 6.30. The summed E-state index contributed by atoms with van der Waals surface area (Å²) in [6.07, 6.45) is 7.91. The van der Waals surface area contributed by atoms with E-state index in [0.717, 1.165) is 69.9 Å². The van der Waals surface area contributed by atoms with Crippen LogP contribution in [0, 0.1) is 23.2 Å². The molecule has 0 spiro atoms. The van der Waals surface area contributed by atoms with E-state index >= 15 is 0 Å². The molecule has 6 heteroatoms. The molecule has 5 rings (SSSR count). The van der Waals surface area contributed by atoms with Crippen molar-refractivity contribution in [2.75, 3.05) is 31.1 Å². The molecule has 2 aromatic carbocycles. The number of ketones is 1. The lowest BCUT2D eigenvalue weighted by Gasteiger charge is -2.33. The Bertz CT molecular complexity index is 1230. The van der Waals surface area contributed by atoms with Gasteiger partial charge in [0.25, 0.3) is 0 Å². The Morgan fingerprint density at radius 2 is 1.53 bits per heavy atom. The third kappa shape index (κ3) is 7.01. The number of halogens is 1. The van der Waals surface area contributed by atoms with Gasteiger partial charge < -0.3 is 4.90 Å². The van der Waals surface area contributed by atoms with Gasteiger partial charge in [-0.1, -0.05) is 29.8 Å². The van der Waals surface area contributed by atoms with Crippen LogP contribution >= 0.6 is 11.6 Å². The second-order valence-electron chi connectivity index (χ2n) is 10.8. The number of rotatable bonds is 8. The number of pyridine rings is 1. The highest BCUT2D eigenvalue weighted by Crippen LogP contribution is 2.27. The molecule has 0 saturated carbocycles. The number of nitrogens with zero attached hydrogens (tertiary/aromatic N) is 4. The number of anilines is 1. The Hall–Kier alpha value is -3.20. The minimum atomic E-state index is 0.165. The van der Waals surface area contributed by atoms with Crippen molar-refractivity contribution in [3.05, 3.63) is 94.3 Å². The van der Waals surface area contributed by atoms with Crippen LogP contribution in [-0.4, -0.2) is 41.8 Å². The molecule has 38 heavy (non-hydrogen) atoms.